The van der Waals surface area contributed by atoms with E-state index in [1.807, 2.05) is 6.33 Å². The fraction of sp³-hybridized carbons (Fsp3) is 0.533. The van der Waals surface area contributed by atoms with Crippen molar-refractivity contribution in [3.63, 3.8) is 0 Å². The molecular weight excluding hydrogens is 432 g/mol. The zero-order valence-corrected chi connectivity index (χ0v) is 21.2. The number of nitriles is 1. The fourth-order valence-electron chi connectivity index (χ4n) is 6.32. The van der Waals surface area contributed by atoms with Gasteiger partial charge in [0.1, 0.15) is 6.07 Å². The van der Waals surface area contributed by atoms with Crippen molar-refractivity contribution >= 4 is 16.7 Å². The maximum absolute atomic E-state index is 10.1. The molecule has 1 aromatic heterocycles. The maximum atomic E-state index is 10.1. The number of fused-ring (bicyclic) bond motifs is 2. The Morgan fingerprint density at radius 1 is 1.20 bits per heavy atom. The van der Waals surface area contributed by atoms with Crippen molar-refractivity contribution in [1.29, 1.82) is 5.26 Å². The van der Waals surface area contributed by atoms with Gasteiger partial charge < -0.3 is 15.0 Å². The van der Waals surface area contributed by atoms with E-state index in [2.05, 4.69) is 54.1 Å². The van der Waals surface area contributed by atoms with Crippen molar-refractivity contribution in [2.75, 3.05) is 18.5 Å². The molecule has 2 heterocycles. The van der Waals surface area contributed by atoms with Gasteiger partial charge in [0.2, 0.25) is 0 Å². The molecule has 2 unspecified atom stereocenters. The molecule has 2 aliphatic rings. The molecule has 5 heteroatoms. The first-order valence-corrected chi connectivity index (χ1v) is 13.6. The molecule has 0 bridgehead atoms. The summed E-state index contributed by atoms with van der Waals surface area (Å²) >= 11 is 0. The number of benzene rings is 2. The van der Waals surface area contributed by atoms with Gasteiger partial charge in [0.05, 0.1) is 28.6 Å². The van der Waals surface area contributed by atoms with E-state index >= 15 is 0 Å². The van der Waals surface area contributed by atoms with Crippen molar-refractivity contribution in [2.45, 2.75) is 89.5 Å². The molecular formula is C30H38N4O. The summed E-state index contributed by atoms with van der Waals surface area (Å²) in [5, 5.41) is 23.0. The molecule has 184 valence electrons. The summed E-state index contributed by atoms with van der Waals surface area (Å²) in [4.78, 5) is 4.83. The second-order valence-electron chi connectivity index (χ2n) is 10.5. The molecule has 1 fully saturated rings. The number of imidazole rings is 1. The number of nitrogens with zero attached hydrogens (tertiary/aromatic N) is 3. The van der Waals surface area contributed by atoms with Crippen LogP contribution in [0.1, 0.15) is 106 Å². The van der Waals surface area contributed by atoms with Gasteiger partial charge in [0.25, 0.3) is 0 Å². The lowest BCUT2D eigenvalue weighted by Gasteiger charge is -2.23. The largest absolute Gasteiger partial charge is 0.396 e. The second kappa shape index (κ2) is 10.4. The van der Waals surface area contributed by atoms with E-state index in [9.17, 15) is 10.4 Å². The quantitative estimate of drug-likeness (QED) is 0.340. The number of aliphatic hydroxyl groups is 1. The molecule has 2 aromatic carbocycles. The molecule has 0 spiro atoms. The monoisotopic (exact) mass is 470 g/mol. The number of hydrogen-bond donors (Lipinski definition) is 2. The van der Waals surface area contributed by atoms with Crippen molar-refractivity contribution in [3.05, 3.63) is 47.3 Å². The maximum Gasteiger partial charge on any atom is 0.102 e. The van der Waals surface area contributed by atoms with Crippen LogP contribution >= 0.6 is 0 Å². The van der Waals surface area contributed by atoms with Gasteiger partial charge >= 0.3 is 0 Å². The lowest BCUT2D eigenvalue weighted by Crippen LogP contribution is -2.11. The smallest absolute Gasteiger partial charge is 0.102 e. The van der Waals surface area contributed by atoms with Gasteiger partial charge in [-0.25, -0.2) is 4.98 Å². The van der Waals surface area contributed by atoms with Crippen LogP contribution in [0.3, 0.4) is 0 Å². The van der Waals surface area contributed by atoms with Gasteiger partial charge in [-0.1, -0.05) is 45.6 Å². The number of hydrogen-bond acceptors (Lipinski definition) is 4. The fourth-order valence-corrected chi connectivity index (χ4v) is 6.32. The average molecular weight is 471 g/mol. The summed E-state index contributed by atoms with van der Waals surface area (Å²) in [5.41, 5.74) is 8.98. The first kappa shape index (κ1) is 23.9. The number of aromatic nitrogens is 2. The van der Waals surface area contributed by atoms with Crippen molar-refractivity contribution < 1.29 is 5.11 Å². The Kier molecular flexibility index (Phi) is 7.11. The van der Waals surface area contributed by atoms with Crippen LogP contribution in [0.2, 0.25) is 0 Å². The summed E-state index contributed by atoms with van der Waals surface area (Å²) in [6, 6.07) is 12.2. The lowest BCUT2D eigenvalue weighted by molar-refractivity contribution is 0.281. The van der Waals surface area contributed by atoms with Gasteiger partial charge in [0.15, 0.2) is 0 Å². The predicted molar refractivity (Wildman–Crippen MR) is 143 cm³/mol. The molecule has 1 saturated carbocycles. The minimum atomic E-state index is 0.223. The zero-order valence-electron chi connectivity index (χ0n) is 21.2. The number of rotatable bonds is 8. The van der Waals surface area contributed by atoms with E-state index < -0.39 is 0 Å². The summed E-state index contributed by atoms with van der Waals surface area (Å²) in [7, 11) is 0. The molecule has 0 saturated heterocycles. The summed E-state index contributed by atoms with van der Waals surface area (Å²) in [5.74, 6) is 0.665. The molecule has 35 heavy (non-hydrogen) atoms. The van der Waals surface area contributed by atoms with Crippen molar-refractivity contribution in [2.24, 2.45) is 0 Å². The van der Waals surface area contributed by atoms with Gasteiger partial charge in [-0.15, -0.1) is 0 Å². The molecule has 3 aromatic rings. The van der Waals surface area contributed by atoms with E-state index in [4.69, 9.17) is 4.98 Å². The number of unbranched alkanes of at least 4 members (excludes halogenated alkanes) is 1. The molecule has 1 aliphatic heterocycles. The van der Waals surface area contributed by atoms with Crippen LogP contribution in [0.5, 0.6) is 0 Å². The Balaban J connectivity index is 1.59. The average Bonchev–Trinajstić information content (AvgIpc) is 3.52. The molecule has 2 atom stereocenters. The predicted octanol–water partition coefficient (Wildman–Crippen LogP) is 7.27. The first-order chi connectivity index (χ1) is 17.2. The standard InChI is InChI=1S/C30H38N4O/c1-3-21-18-32-30-26(17-31)24(20(2)9-7-8-14-35)16-25(29(21)30)22-12-13-28-27(15-22)33-19-34(28)23-10-5-4-6-11-23/h12-13,15-16,19-21,23,32,35H,3-11,14,18H2,1-2H3. The number of aliphatic hydroxyl groups excluding tert-OH is 1. The summed E-state index contributed by atoms with van der Waals surface area (Å²) in [6.07, 6.45) is 12.3. The highest BCUT2D eigenvalue weighted by Crippen LogP contribution is 2.46. The minimum absolute atomic E-state index is 0.223. The van der Waals surface area contributed by atoms with Gasteiger partial charge in [-0.05, 0) is 78.5 Å². The molecule has 0 amide bonds. The molecule has 5 nitrogen and oxygen atoms in total. The Hall–Kier alpha value is -2.84. The lowest BCUT2D eigenvalue weighted by atomic mass is 9.82. The van der Waals surface area contributed by atoms with E-state index in [0.717, 1.165) is 54.6 Å². The van der Waals surface area contributed by atoms with Crippen molar-refractivity contribution in [3.8, 4) is 17.2 Å². The summed E-state index contributed by atoms with van der Waals surface area (Å²) < 4.78 is 2.40. The van der Waals surface area contributed by atoms with E-state index in [0.29, 0.717) is 12.0 Å². The van der Waals surface area contributed by atoms with Gasteiger partial charge in [-0.3, -0.25) is 0 Å². The first-order valence-electron chi connectivity index (χ1n) is 13.6. The number of anilines is 1. The molecule has 1 aliphatic carbocycles. The van der Waals surface area contributed by atoms with Crippen LogP contribution in [0.25, 0.3) is 22.2 Å². The van der Waals surface area contributed by atoms with Gasteiger partial charge in [0, 0.05) is 25.1 Å². The molecule has 5 rings (SSSR count). The van der Waals surface area contributed by atoms with Crippen LogP contribution in [0, 0.1) is 11.3 Å². The van der Waals surface area contributed by atoms with E-state index in [1.54, 1.807) is 0 Å². The Morgan fingerprint density at radius 2 is 2.03 bits per heavy atom. The zero-order chi connectivity index (χ0) is 24.4. The topological polar surface area (TPSA) is 73.9 Å². The normalized spacial score (nSPS) is 18.9. The summed E-state index contributed by atoms with van der Waals surface area (Å²) in [6.45, 7) is 5.55. The van der Waals surface area contributed by atoms with Gasteiger partial charge in [-0.2, -0.15) is 5.26 Å². The van der Waals surface area contributed by atoms with Crippen LogP contribution in [0.15, 0.2) is 30.6 Å². The van der Waals surface area contributed by atoms with Crippen LogP contribution in [-0.4, -0.2) is 27.8 Å². The third-order valence-corrected chi connectivity index (χ3v) is 8.37. The molecule has 2 N–H and O–H groups in total. The second-order valence-corrected chi connectivity index (χ2v) is 10.5. The Labute approximate surface area is 209 Å². The third kappa shape index (κ3) is 4.45. The molecule has 0 radical (unpaired) electrons. The number of nitrogens with one attached hydrogen (secondary N) is 1. The van der Waals surface area contributed by atoms with Crippen LogP contribution in [-0.2, 0) is 0 Å². The highest BCUT2D eigenvalue weighted by Gasteiger charge is 2.30. The highest BCUT2D eigenvalue weighted by atomic mass is 16.2. The van der Waals surface area contributed by atoms with Crippen LogP contribution in [0.4, 0.5) is 5.69 Å². The minimum Gasteiger partial charge on any atom is -0.396 e. The Bertz CT molecular complexity index is 1230. The van der Waals surface area contributed by atoms with E-state index in [1.165, 1.54) is 54.3 Å². The van der Waals surface area contributed by atoms with Crippen LogP contribution < -0.4 is 5.32 Å². The highest BCUT2D eigenvalue weighted by molar-refractivity contribution is 5.87. The SMILES string of the molecule is CCC1CNc2c(C#N)c(C(C)CCCCO)cc(-c3ccc4c(c3)ncn4C3CCCCC3)c21. The Morgan fingerprint density at radius 3 is 2.77 bits per heavy atom. The van der Waals surface area contributed by atoms with Crippen molar-refractivity contribution in [1.82, 2.24) is 9.55 Å². The van der Waals surface area contributed by atoms with E-state index in [-0.39, 0.29) is 12.5 Å². The third-order valence-electron chi connectivity index (χ3n) is 8.37.